The highest BCUT2D eigenvalue weighted by Gasteiger charge is 2.46. The Kier molecular flexibility index (Phi) is 5.48. The van der Waals surface area contributed by atoms with Gasteiger partial charge in [-0.3, -0.25) is 18.6 Å². The van der Waals surface area contributed by atoms with E-state index in [1.807, 2.05) is 0 Å². The fourth-order valence-electron chi connectivity index (χ4n) is 4.05. The maximum absolute atomic E-state index is 13.5. The Morgan fingerprint density at radius 2 is 1.91 bits per heavy atom. The fraction of sp³-hybridized carbons (Fsp3) is 0.364. The average Bonchev–Trinajstić information content (AvgIpc) is 3.27. The number of benzene rings is 1. The Morgan fingerprint density at radius 1 is 1.14 bits per heavy atom. The average molecular weight is 502 g/mol. The van der Waals surface area contributed by atoms with Crippen molar-refractivity contribution in [2.75, 3.05) is 6.67 Å². The topological polar surface area (TPSA) is 126 Å². The second kappa shape index (κ2) is 8.27. The lowest BCUT2D eigenvalue weighted by molar-refractivity contribution is 0.393. The summed E-state index contributed by atoms with van der Waals surface area (Å²) < 4.78 is 47.4. The van der Waals surface area contributed by atoms with Crippen LogP contribution in [-0.4, -0.2) is 49.1 Å². The molecule has 0 atom stereocenters. The fourth-order valence-corrected chi connectivity index (χ4v) is 5.51. The number of imidazole rings is 1. The number of rotatable bonds is 8. The molecule has 1 saturated carbocycles. The van der Waals surface area contributed by atoms with Crippen LogP contribution in [0.15, 0.2) is 57.5 Å². The van der Waals surface area contributed by atoms with Gasteiger partial charge in [0.05, 0.1) is 40.6 Å². The lowest BCUT2D eigenvalue weighted by atomic mass is 10.2. The Morgan fingerprint density at radius 3 is 2.51 bits per heavy atom. The number of aromatic nitrogens is 6. The van der Waals surface area contributed by atoms with Gasteiger partial charge in [-0.25, -0.2) is 27.3 Å². The molecule has 1 aliphatic carbocycles. The molecule has 0 amide bonds. The summed E-state index contributed by atoms with van der Waals surface area (Å²) in [5.74, 6) is 0.581. The van der Waals surface area contributed by atoms with Crippen LogP contribution in [0, 0.1) is 0 Å². The zero-order valence-electron chi connectivity index (χ0n) is 19.2. The summed E-state index contributed by atoms with van der Waals surface area (Å²) in [6, 6.07) is 3.99. The first-order valence-corrected chi connectivity index (χ1v) is 12.4. The van der Waals surface area contributed by atoms with E-state index in [1.165, 1.54) is 22.8 Å². The quantitative estimate of drug-likeness (QED) is 0.375. The molecule has 1 fully saturated rings. The maximum Gasteiger partial charge on any atom is 0.332 e. The molecule has 0 radical (unpaired) electrons. The van der Waals surface area contributed by atoms with Crippen molar-refractivity contribution in [3.05, 3.63) is 75.2 Å². The zero-order chi connectivity index (χ0) is 25.0. The first-order valence-electron chi connectivity index (χ1n) is 10.9. The minimum Gasteiger partial charge on any atom is -0.337 e. The van der Waals surface area contributed by atoms with Gasteiger partial charge in [0.25, 0.3) is 5.56 Å². The molecule has 0 aliphatic heterocycles. The number of halogens is 1. The van der Waals surface area contributed by atoms with Gasteiger partial charge in [-0.2, -0.15) is 5.10 Å². The SMILES string of the molecule is Cn1cc(Cn2c(=O)c3cc(S(=O)(=O)NC4(CF)CC4)ccc3n(Cc3nccn3C)c2=O)cn1. The standard InChI is InChI=1S/C22H24FN7O4S/c1-27-8-7-24-19(27)13-29-18-4-3-16(35(33,34)26-22(14-23)5-6-22)9-17(18)20(31)30(21(29)32)12-15-10-25-28(2)11-15/h3-4,7-11,26H,5-6,12-14H2,1-2H3. The summed E-state index contributed by atoms with van der Waals surface area (Å²) in [4.78, 5) is 31.0. The van der Waals surface area contributed by atoms with E-state index in [9.17, 15) is 22.4 Å². The third-order valence-corrected chi connectivity index (χ3v) is 7.86. The normalized spacial score (nSPS) is 15.1. The number of hydrogen-bond acceptors (Lipinski definition) is 6. The molecule has 5 rings (SSSR count). The first-order chi connectivity index (χ1) is 16.6. The molecule has 3 aromatic heterocycles. The van der Waals surface area contributed by atoms with E-state index >= 15 is 0 Å². The lowest BCUT2D eigenvalue weighted by Gasteiger charge is -2.16. The highest BCUT2D eigenvalue weighted by molar-refractivity contribution is 7.89. The maximum atomic E-state index is 13.5. The largest absolute Gasteiger partial charge is 0.337 e. The smallest absolute Gasteiger partial charge is 0.332 e. The zero-order valence-corrected chi connectivity index (χ0v) is 20.0. The molecule has 0 unspecified atom stereocenters. The van der Waals surface area contributed by atoms with Crippen molar-refractivity contribution in [2.45, 2.75) is 36.4 Å². The predicted molar refractivity (Wildman–Crippen MR) is 125 cm³/mol. The van der Waals surface area contributed by atoms with E-state index < -0.39 is 33.5 Å². The van der Waals surface area contributed by atoms with Crippen molar-refractivity contribution < 1.29 is 12.8 Å². The summed E-state index contributed by atoms with van der Waals surface area (Å²) >= 11 is 0. The number of alkyl halides is 1. The molecule has 0 spiro atoms. The monoisotopic (exact) mass is 501 g/mol. The molecule has 1 aromatic carbocycles. The highest BCUT2D eigenvalue weighted by atomic mass is 32.2. The second-order valence-corrected chi connectivity index (χ2v) is 10.6. The number of sulfonamides is 1. The van der Waals surface area contributed by atoms with Crippen molar-refractivity contribution >= 4 is 20.9 Å². The minimum absolute atomic E-state index is 0.0395. The number of fused-ring (bicyclic) bond motifs is 1. The van der Waals surface area contributed by atoms with Gasteiger partial charge in [0.15, 0.2) is 0 Å². The van der Waals surface area contributed by atoms with E-state index in [1.54, 1.807) is 48.1 Å². The van der Waals surface area contributed by atoms with E-state index in [2.05, 4.69) is 14.8 Å². The minimum atomic E-state index is -4.08. The summed E-state index contributed by atoms with van der Waals surface area (Å²) in [5.41, 5.74) is -1.36. The van der Waals surface area contributed by atoms with Gasteiger partial charge in [-0.15, -0.1) is 0 Å². The molecule has 1 aliphatic rings. The van der Waals surface area contributed by atoms with Gasteiger partial charge < -0.3 is 4.57 Å². The van der Waals surface area contributed by atoms with E-state index in [-0.39, 0.29) is 28.9 Å². The molecule has 11 nitrogen and oxygen atoms in total. The molecular weight excluding hydrogens is 477 g/mol. The molecule has 3 heterocycles. The summed E-state index contributed by atoms with van der Waals surface area (Å²) in [6.45, 7) is -0.773. The molecular formula is C22H24FN7O4S. The van der Waals surface area contributed by atoms with Gasteiger partial charge in [0, 0.05) is 38.2 Å². The number of nitrogens with zero attached hydrogens (tertiary/aromatic N) is 6. The van der Waals surface area contributed by atoms with Crippen LogP contribution in [0.1, 0.15) is 24.2 Å². The summed E-state index contributed by atoms with van der Waals surface area (Å²) in [6.07, 6.45) is 7.41. The number of nitrogens with one attached hydrogen (secondary N) is 1. The van der Waals surface area contributed by atoms with Crippen molar-refractivity contribution in [1.82, 2.24) is 33.2 Å². The van der Waals surface area contributed by atoms with Crippen LogP contribution < -0.4 is 16.0 Å². The summed E-state index contributed by atoms with van der Waals surface area (Å²) in [5, 5.41) is 4.14. The van der Waals surface area contributed by atoms with Crippen molar-refractivity contribution in [2.24, 2.45) is 14.1 Å². The first kappa shape index (κ1) is 23.2. The van der Waals surface area contributed by atoms with Crippen LogP contribution in [0.25, 0.3) is 10.9 Å². The van der Waals surface area contributed by atoms with Gasteiger partial charge in [0.2, 0.25) is 10.0 Å². The van der Waals surface area contributed by atoms with Crippen LogP contribution in [0.3, 0.4) is 0 Å². The van der Waals surface area contributed by atoms with Crippen LogP contribution in [-0.2, 0) is 37.2 Å². The van der Waals surface area contributed by atoms with E-state index in [4.69, 9.17) is 0 Å². The second-order valence-electron chi connectivity index (χ2n) is 8.94. The molecule has 0 bridgehead atoms. The lowest BCUT2D eigenvalue weighted by Crippen LogP contribution is -2.41. The molecule has 1 N–H and O–H groups in total. The van der Waals surface area contributed by atoms with Crippen LogP contribution in [0.2, 0.25) is 0 Å². The van der Waals surface area contributed by atoms with Crippen LogP contribution >= 0.6 is 0 Å². The predicted octanol–water partition coefficient (Wildman–Crippen LogP) is 0.507. The molecule has 4 aromatic rings. The molecule has 0 saturated heterocycles. The Bertz CT molecular complexity index is 1660. The van der Waals surface area contributed by atoms with E-state index in [0.29, 0.717) is 24.2 Å². The van der Waals surface area contributed by atoms with Gasteiger partial charge >= 0.3 is 5.69 Å². The number of aryl methyl sites for hydroxylation is 2. The molecule has 184 valence electrons. The Balaban J connectivity index is 1.69. The van der Waals surface area contributed by atoms with Crippen molar-refractivity contribution in [3.8, 4) is 0 Å². The number of hydrogen-bond donors (Lipinski definition) is 1. The van der Waals surface area contributed by atoms with Crippen LogP contribution in [0.5, 0.6) is 0 Å². The third-order valence-electron chi connectivity index (χ3n) is 6.29. The van der Waals surface area contributed by atoms with Gasteiger partial charge in [-0.1, -0.05) is 0 Å². The third kappa shape index (κ3) is 4.21. The van der Waals surface area contributed by atoms with Gasteiger partial charge in [-0.05, 0) is 31.0 Å². The van der Waals surface area contributed by atoms with Gasteiger partial charge in [0.1, 0.15) is 12.5 Å². The summed E-state index contributed by atoms with van der Waals surface area (Å²) in [7, 11) is -0.569. The van der Waals surface area contributed by atoms with Crippen LogP contribution in [0.4, 0.5) is 4.39 Å². The molecule has 35 heavy (non-hydrogen) atoms. The Hall–Kier alpha value is -3.58. The molecule has 13 heteroatoms. The van der Waals surface area contributed by atoms with Crippen molar-refractivity contribution in [3.63, 3.8) is 0 Å². The Labute approximate surface area is 199 Å². The van der Waals surface area contributed by atoms with E-state index in [0.717, 1.165) is 4.57 Å². The van der Waals surface area contributed by atoms with Crippen molar-refractivity contribution in [1.29, 1.82) is 0 Å². The highest BCUT2D eigenvalue weighted by Crippen LogP contribution is 2.37.